The van der Waals surface area contributed by atoms with Crippen molar-refractivity contribution in [1.29, 1.82) is 0 Å². The molecular formula is C110H130N10O10S5. The minimum absolute atomic E-state index is 0.133. The third-order valence-corrected chi connectivity index (χ3v) is 37.3. The lowest BCUT2D eigenvalue weighted by Gasteiger charge is -2.18. The first-order chi connectivity index (χ1) is 65.1. The Balaban J connectivity index is 0.000000123. The van der Waals surface area contributed by atoms with Gasteiger partial charge in [0.15, 0.2) is 49.2 Å². The molecule has 5 aliphatic heterocycles. The SMILES string of the molecule is CN1CCC[C@@H]1Cc1c[nH]c2ccc(CCS(=O)(=O)c3ccccc3)cc12.CN1CCC[C@@H]1Cc1c[nH]c2ccc(CCS(=O)(=O)c3ccccc3)cc12.CN1CCC[C@@H]1Cc1c[nH]c2ccc(CCS(=O)(=O)c3ccccc3)cc12.CN1CCC[C@@H]1Cc1c[nH]c2ccc(CCS(=O)(=O)c3ccccc3)cc12.CN1CCC[C@@H]1Cc1c[nH]c2ccc(CCS(=O)(=O)c3ccccc3)cc12. The molecule has 5 aromatic heterocycles. The number of aryl methyl sites for hydroxylation is 5. The molecule has 10 heterocycles. The van der Waals surface area contributed by atoms with E-state index in [1.54, 1.807) is 121 Å². The molecule has 710 valence electrons. The molecule has 20 rings (SSSR count). The van der Waals surface area contributed by atoms with Gasteiger partial charge in [0.05, 0.1) is 53.2 Å². The van der Waals surface area contributed by atoms with E-state index < -0.39 is 49.2 Å². The van der Waals surface area contributed by atoms with Crippen LogP contribution >= 0.6 is 0 Å². The molecule has 5 saturated heterocycles. The standard InChI is InChI=1S/5C22H26N2O2S/c5*1-24-12-5-6-19(24)15-18-16-23-22-10-9-17(14-21(18)22)11-13-27(25,26)20-7-3-2-4-8-20/h5*2-4,7-10,14,16,19,23H,5-6,11-13,15H2,1H3/t5*19-/m11111/s1. The summed E-state index contributed by atoms with van der Waals surface area (Å²) in [5, 5.41) is 6.13. The van der Waals surface area contributed by atoms with Crippen molar-refractivity contribution in [1.82, 2.24) is 49.4 Å². The number of sulfone groups is 5. The number of benzene rings is 10. The Morgan fingerprint density at radius 1 is 0.230 bits per heavy atom. The van der Waals surface area contributed by atoms with Crippen LogP contribution in [0.25, 0.3) is 54.5 Å². The van der Waals surface area contributed by atoms with E-state index >= 15 is 0 Å². The molecule has 0 spiro atoms. The zero-order valence-electron chi connectivity index (χ0n) is 78.4. The van der Waals surface area contributed by atoms with Gasteiger partial charge in [-0.05, 0) is 373 Å². The maximum Gasteiger partial charge on any atom is 0.178 e. The maximum absolute atomic E-state index is 12.5. The van der Waals surface area contributed by atoms with Crippen LogP contribution in [-0.4, -0.2) is 218 Å². The van der Waals surface area contributed by atoms with Crippen LogP contribution in [0, 0.1) is 0 Å². The van der Waals surface area contributed by atoms with Crippen LogP contribution in [0.4, 0.5) is 0 Å². The van der Waals surface area contributed by atoms with Crippen molar-refractivity contribution in [3.63, 3.8) is 0 Å². The van der Waals surface area contributed by atoms with E-state index in [-0.39, 0.29) is 28.8 Å². The number of rotatable bonds is 30. The van der Waals surface area contributed by atoms with Crippen LogP contribution in [0.15, 0.2) is 298 Å². The summed E-state index contributed by atoms with van der Waals surface area (Å²) in [6, 6.07) is 77.9. The molecule has 0 radical (unpaired) electrons. The Morgan fingerprint density at radius 3 is 0.541 bits per heavy atom. The van der Waals surface area contributed by atoms with Gasteiger partial charge in [-0.1, -0.05) is 121 Å². The van der Waals surface area contributed by atoms with Crippen molar-refractivity contribution in [2.45, 2.75) is 183 Å². The quantitative estimate of drug-likeness (QED) is 0.0280. The molecule has 5 atom stereocenters. The van der Waals surface area contributed by atoms with Crippen LogP contribution in [0.1, 0.15) is 120 Å². The lowest BCUT2D eigenvalue weighted by Crippen LogP contribution is -2.26. The monoisotopic (exact) mass is 1910 g/mol. The van der Waals surface area contributed by atoms with Crippen LogP contribution < -0.4 is 0 Å². The summed E-state index contributed by atoms with van der Waals surface area (Å²) in [6.07, 6.45) is 31.0. The van der Waals surface area contributed by atoms with E-state index in [2.05, 4.69) is 176 Å². The number of hydrogen-bond acceptors (Lipinski definition) is 15. The zero-order chi connectivity index (χ0) is 94.3. The van der Waals surface area contributed by atoms with Crippen molar-refractivity contribution < 1.29 is 42.1 Å². The van der Waals surface area contributed by atoms with Gasteiger partial charge in [-0.25, -0.2) is 42.1 Å². The molecule has 10 aromatic carbocycles. The maximum atomic E-state index is 12.5. The topological polar surface area (TPSA) is 266 Å². The first-order valence-corrected chi connectivity index (χ1v) is 56.2. The molecule has 25 heteroatoms. The summed E-state index contributed by atoms with van der Waals surface area (Å²) < 4.78 is 125. The average molecular weight is 1910 g/mol. The molecule has 0 aliphatic carbocycles. The second-order valence-electron chi connectivity index (χ2n) is 37.8. The molecule has 5 aliphatic rings. The van der Waals surface area contributed by atoms with Gasteiger partial charge in [0.25, 0.3) is 0 Å². The molecule has 5 fully saturated rings. The molecule has 0 saturated carbocycles. The third-order valence-electron chi connectivity index (χ3n) is 28.6. The number of H-pyrrole nitrogens is 5. The van der Waals surface area contributed by atoms with Gasteiger partial charge in [0, 0.05) is 116 Å². The van der Waals surface area contributed by atoms with Crippen molar-refractivity contribution in [3.05, 3.63) is 329 Å². The average Bonchev–Trinajstić information content (AvgIpc) is 1.79. The number of aromatic nitrogens is 5. The van der Waals surface area contributed by atoms with E-state index in [4.69, 9.17) is 0 Å². The van der Waals surface area contributed by atoms with E-state index in [9.17, 15) is 42.1 Å². The second kappa shape index (κ2) is 44.3. The Kier molecular flexibility index (Phi) is 32.0. The number of fused-ring (bicyclic) bond motifs is 5. The number of nitrogens with one attached hydrogen (secondary N) is 5. The van der Waals surface area contributed by atoms with Crippen LogP contribution in [0.5, 0.6) is 0 Å². The highest BCUT2D eigenvalue weighted by Gasteiger charge is 2.30. The van der Waals surface area contributed by atoms with Gasteiger partial charge in [-0.3, -0.25) is 0 Å². The van der Waals surface area contributed by atoms with E-state index in [0.29, 0.717) is 86.8 Å². The summed E-state index contributed by atoms with van der Waals surface area (Å²) >= 11 is 0. The number of aromatic amines is 5. The molecule has 0 amide bonds. The van der Waals surface area contributed by atoms with E-state index in [1.165, 1.54) is 152 Å². The lowest BCUT2D eigenvalue weighted by atomic mass is 10.0. The molecule has 20 nitrogen and oxygen atoms in total. The van der Waals surface area contributed by atoms with Crippen molar-refractivity contribution in [2.24, 2.45) is 0 Å². The first-order valence-electron chi connectivity index (χ1n) is 48.0. The fraction of sp³-hybridized carbons (Fsp3) is 0.364. The number of nitrogens with zero attached hydrogens (tertiary/aromatic N) is 5. The summed E-state index contributed by atoms with van der Waals surface area (Å²) in [7, 11) is -5.24. The minimum Gasteiger partial charge on any atom is -0.361 e. The van der Waals surface area contributed by atoms with Gasteiger partial charge in [0.2, 0.25) is 0 Å². The number of likely N-dealkylation sites (N-methyl/N-ethyl adjacent to an activating group) is 5. The Labute approximate surface area is 798 Å². The fourth-order valence-corrected chi connectivity index (χ4v) is 26.8. The zero-order valence-corrected chi connectivity index (χ0v) is 82.5. The molecule has 15 aromatic rings. The van der Waals surface area contributed by atoms with Gasteiger partial charge in [-0.2, -0.15) is 0 Å². The van der Waals surface area contributed by atoms with E-state index in [0.717, 1.165) is 87.5 Å². The predicted molar refractivity (Wildman–Crippen MR) is 549 cm³/mol. The van der Waals surface area contributed by atoms with Crippen molar-refractivity contribution in [2.75, 3.05) is 96.7 Å². The number of likely N-dealkylation sites (tertiary alicyclic amines) is 5. The highest BCUT2D eigenvalue weighted by Crippen LogP contribution is 2.34. The minimum atomic E-state index is -3.25. The van der Waals surface area contributed by atoms with Gasteiger partial charge < -0.3 is 49.4 Å². The summed E-state index contributed by atoms with van der Waals surface area (Å²) in [5.74, 6) is 0.663. The summed E-state index contributed by atoms with van der Waals surface area (Å²) in [4.78, 5) is 31.0. The Morgan fingerprint density at radius 2 is 0.393 bits per heavy atom. The van der Waals surface area contributed by atoms with E-state index in [1.807, 2.05) is 60.7 Å². The lowest BCUT2D eigenvalue weighted by molar-refractivity contribution is 0.310. The predicted octanol–water partition coefficient (Wildman–Crippen LogP) is 19.1. The summed E-state index contributed by atoms with van der Waals surface area (Å²) in [6.45, 7) is 5.88. The Hall–Kier alpha value is -10.6. The van der Waals surface area contributed by atoms with Crippen molar-refractivity contribution in [3.8, 4) is 0 Å². The van der Waals surface area contributed by atoms with Crippen molar-refractivity contribution >= 4 is 104 Å². The summed E-state index contributed by atoms with van der Waals surface area (Å²) in [5.41, 5.74) is 17.6. The third kappa shape index (κ3) is 25.1. The molecule has 0 unspecified atom stereocenters. The second-order valence-corrected chi connectivity index (χ2v) is 48.3. The van der Waals surface area contributed by atoms with Crippen LogP contribution in [-0.2, 0) is 113 Å². The number of hydrogen-bond donors (Lipinski definition) is 5. The first kappa shape index (κ1) is 97.5. The van der Waals surface area contributed by atoms with Crippen LogP contribution in [0.3, 0.4) is 0 Å². The molecule has 0 bridgehead atoms. The Bertz CT molecular complexity index is 6110. The molecular weight excluding hydrogens is 1780 g/mol. The largest absolute Gasteiger partial charge is 0.361 e. The normalized spacial score (nSPS) is 18.3. The van der Waals surface area contributed by atoms with Crippen LogP contribution in [0.2, 0.25) is 0 Å². The highest BCUT2D eigenvalue weighted by molar-refractivity contribution is 7.92. The smallest absolute Gasteiger partial charge is 0.178 e. The fourth-order valence-electron chi connectivity index (χ4n) is 20.2. The van der Waals surface area contributed by atoms with Gasteiger partial charge in [-0.15, -0.1) is 0 Å². The van der Waals surface area contributed by atoms with Gasteiger partial charge >= 0.3 is 0 Å². The highest BCUT2D eigenvalue weighted by atomic mass is 32.2. The molecule has 5 N–H and O–H groups in total. The molecule has 135 heavy (non-hydrogen) atoms. The van der Waals surface area contributed by atoms with Gasteiger partial charge in [0.1, 0.15) is 0 Å².